The van der Waals surface area contributed by atoms with E-state index in [0.717, 1.165) is 25.7 Å². The lowest BCUT2D eigenvalue weighted by Gasteiger charge is -2.21. The third-order valence-corrected chi connectivity index (χ3v) is 2.38. The Bertz CT molecular complexity index is 119. The number of aliphatic hydroxyl groups is 2. The van der Waals surface area contributed by atoms with Gasteiger partial charge in [-0.1, -0.05) is 20.3 Å². The summed E-state index contributed by atoms with van der Waals surface area (Å²) in [5, 5.41) is 18.2. The SMILES string of the molecule is CCCC(O)C(N)CC(C)CCO. The number of nitrogens with two attached hydrogens (primary N) is 1. The maximum Gasteiger partial charge on any atom is 0.0691 e. The van der Waals surface area contributed by atoms with Crippen LogP contribution in [0.1, 0.15) is 39.5 Å². The summed E-state index contributed by atoms with van der Waals surface area (Å²) in [6, 6.07) is -0.138. The highest BCUT2D eigenvalue weighted by molar-refractivity contribution is 4.73. The van der Waals surface area contributed by atoms with Crippen molar-refractivity contribution in [3.8, 4) is 0 Å². The predicted molar refractivity (Wildman–Crippen MR) is 54.4 cm³/mol. The maximum atomic E-state index is 9.55. The first-order chi connectivity index (χ1) is 6.11. The molecule has 0 aromatic rings. The minimum atomic E-state index is -0.383. The first-order valence-electron chi connectivity index (χ1n) is 5.16. The van der Waals surface area contributed by atoms with E-state index in [1.54, 1.807) is 0 Å². The Labute approximate surface area is 81.0 Å². The number of hydrogen-bond donors (Lipinski definition) is 3. The average molecular weight is 189 g/mol. The normalized spacial score (nSPS) is 18.2. The van der Waals surface area contributed by atoms with E-state index in [1.807, 2.05) is 6.92 Å². The third-order valence-electron chi connectivity index (χ3n) is 2.38. The molecule has 3 heteroatoms. The van der Waals surface area contributed by atoms with Gasteiger partial charge in [0.15, 0.2) is 0 Å². The molecule has 0 aliphatic rings. The van der Waals surface area contributed by atoms with E-state index in [2.05, 4.69) is 6.92 Å². The second kappa shape index (κ2) is 7.30. The Morgan fingerprint density at radius 2 is 1.92 bits per heavy atom. The minimum Gasteiger partial charge on any atom is -0.396 e. The van der Waals surface area contributed by atoms with Gasteiger partial charge in [-0.3, -0.25) is 0 Å². The molecule has 13 heavy (non-hydrogen) atoms. The minimum absolute atomic E-state index is 0.138. The molecule has 4 N–H and O–H groups in total. The van der Waals surface area contributed by atoms with Crippen LogP contribution in [-0.2, 0) is 0 Å². The average Bonchev–Trinajstić information content (AvgIpc) is 2.05. The van der Waals surface area contributed by atoms with Crippen LogP contribution in [0.3, 0.4) is 0 Å². The lowest BCUT2D eigenvalue weighted by Crippen LogP contribution is -2.36. The van der Waals surface area contributed by atoms with Gasteiger partial charge in [0.1, 0.15) is 0 Å². The highest BCUT2D eigenvalue weighted by atomic mass is 16.3. The van der Waals surface area contributed by atoms with Gasteiger partial charge in [-0.2, -0.15) is 0 Å². The van der Waals surface area contributed by atoms with Gasteiger partial charge >= 0.3 is 0 Å². The van der Waals surface area contributed by atoms with Gasteiger partial charge in [0.25, 0.3) is 0 Å². The first-order valence-corrected chi connectivity index (χ1v) is 5.16. The Kier molecular flexibility index (Phi) is 7.23. The van der Waals surface area contributed by atoms with Crippen LogP contribution < -0.4 is 5.73 Å². The van der Waals surface area contributed by atoms with Crippen molar-refractivity contribution in [1.82, 2.24) is 0 Å². The van der Waals surface area contributed by atoms with Crippen molar-refractivity contribution in [3.63, 3.8) is 0 Å². The Balaban J connectivity index is 3.64. The summed E-state index contributed by atoms with van der Waals surface area (Å²) in [6.07, 6.45) is 2.91. The predicted octanol–water partition coefficient (Wildman–Crippen LogP) is 0.883. The van der Waals surface area contributed by atoms with Crippen LogP contribution in [0.25, 0.3) is 0 Å². The molecule has 0 spiro atoms. The molecule has 3 atom stereocenters. The summed E-state index contributed by atoms with van der Waals surface area (Å²) in [7, 11) is 0. The molecule has 0 aromatic heterocycles. The van der Waals surface area contributed by atoms with E-state index in [9.17, 15) is 5.11 Å². The molecule has 0 fully saturated rings. The number of aliphatic hydroxyl groups excluding tert-OH is 2. The van der Waals surface area contributed by atoms with Crippen LogP contribution in [-0.4, -0.2) is 29.0 Å². The Morgan fingerprint density at radius 1 is 1.31 bits per heavy atom. The van der Waals surface area contributed by atoms with Gasteiger partial charge in [0.2, 0.25) is 0 Å². The summed E-state index contributed by atoms with van der Waals surface area (Å²) in [6.45, 7) is 4.29. The lowest BCUT2D eigenvalue weighted by atomic mass is 9.94. The fraction of sp³-hybridized carbons (Fsp3) is 1.00. The van der Waals surface area contributed by atoms with Crippen molar-refractivity contribution in [2.75, 3.05) is 6.61 Å². The van der Waals surface area contributed by atoms with Crippen LogP contribution in [0.15, 0.2) is 0 Å². The molecule has 0 aliphatic heterocycles. The van der Waals surface area contributed by atoms with Crippen molar-refractivity contribution < 1.29 is 10.2 Å². The van der Waals surface area contributed by atoms with Crippen molar-refractivity contribution in [3.05, 3.63) is 0 Å². The van der Waals surface area contributed by atoms with Gasteiger partial charge in [-0.15, -0.1) is 0 Å². The van der Waals surface area contributed by atoms with E-state index >= 15 is 0 Å². The highest BCUT2D eigenvalue weighted by Gasteiger charge is 2.16. The molecule has 80 valence electrons. The van der Waals surface area contributed by atoms with Gasteiger partial charge in [-0.25, -0.2) is 0 Å². The molecule has 0 rings (SSSR count). The smallest absolute Gasteiger partial charge is 0.0691 e. The molecule has 0 aromatic carbocycles. The fourth-order valence-electron chi connectivity index (χ4n) is 1.47. The second-order valence-electron chi connectivity index (χ2n) is 3.87. The Morgan fingerprint density at radius 3 is 2.38 bits per heavy atom. The monoisotopic (exact) mass is 189 g/mol. The fourth-order valence-corrected chi connectivity index (χ4v) is 1.47. The van der Waals surface area contributed by atoms with E-state index in [4.69, 9.17) is 10.8 Å². The lowest BCUT2D eigenvalue weighted by molar-refractivity contribution is 0.120. The largest absolute Gasteiger partial charge is 0.396 e. The first kappa shape index (κ1) is 12.9. The molecule has 0 saturated carbocycles. The van der Waals surface area contributed by atoms with Gasteiger partial charge in [0.05, 0.1) is 6.10 Å². The summed E-state index contributed by atoms with van der Waals surface area (Å²) in [5.41, 5.74) is 5.80. The van der Waals surface area contributed by atoms with Crippen LogP contribution in [0.2, 0.25) is 0 Å². The van der Waals surface area contributed by atoms with Gasteiger partial charge < -0.3 is 15.9 Å². The van der Waals surface area contributed by atoms with Crippen LogP contribution >= 0.6 is 0 Å². The van der Waals surface area contributed by atoms with Crippen LogP contribution in [0.4, 0.5) is 0 Å². The molecule has 3 unspecified atom stereocenters. The summed E-state index contributed by atoms with van der Waals surface area (Å²) in [5.74, 6) is 0.395. The van der Waals surface area contributed by atoms with E-state index in [0.29, 0.717) is 5.92 Å². The maximum absolute atomic E-state index is 9.55. The zero-order valence-electron chi connectivity index (χ0n) is 8.74. The van der Waals surface area contributed by atoms with Crippen molar-refractivity contribution in [2.24, 2.45) is 11.7 Å². The van der Waals surface area contributed by atoms with E-state index < -0.39 is 0 Å². The molecule has 3 nitrogen and oxygen atoms in total. The van der Waals surface area contributed by atoms with Crippen LogP contribution in [0, 0.1) is 5.92 Å². The molecule has 0 radical (unpaired) electrons. The highest BCUT2D eigenvalue weighted by Crippen LogP contribution is 2.13. The van der Waals surface area contributed by atoms with E-state index in [1.165, 1.54) is 0 Å². The molecule has 0 bridgehead atoms. The van der Waals surface area contributed by atoms with Crippen molar-refractivity contribution >= 4 is 0 Å². The standard InChI is InChI=1S/C10H23NO2/c1-3-4-10(13)9(11)7-8(2)5-6-12/h8-10,12-13H,3-7,11H2,1-2H3. The van der Waals surface area contributed by atoms with Gasteiger partial charge in [0, 0.05) is 12.6 Å². The Hall–Kier alpha value is -0.120. The second-order valence-corrected chi connectivity index (χ2v) is 3.87. The van der Waals surface area contributed by atoms with Gasteiger partial charge in [-0.05, 0) is 25.2 Å². The molecule has 0 amide bonds. The van der Waals surface area contributed by atoms with Crippen LogP contribution in [0.5, 0.6) is 0 Å². The quantitative estimate of drug-likeness (QED) is 0.557. The molecule has 0 aliphatic carbocycles. The van der Waals surface area contributed by atoms with Crippen molar-refractivity contribution in [1.29, 1.82) is 0 Å². The summed E-state index contributed by atoms with van der Waals surface area (Å²) < 4.78 is 0. The number of hydrogen-bond acceptors (Lipinski definition) is 3. The summed E-state index contributed by atoms with van der Waals surface area (Å²) in [4.78, 5) is 0. The topological polar surface area (TPSA) is 66.5 Å². The molecular weight excluding hydrogens is 166 g/mol. The summed E-state index contributed by atoms with van der Waals surface area (Å²) >= 11 is 0. The van der Waals surface area contributed by atoms with Crippen molar-refractivity contribution in [2.45, 2.75) is 51.7 Å². The zero-order valence-corrected chi connectivity index (χ0v) is 8.74. The third kappa shape index (κ3) is 6.02. The zero-order chi connectivity index (χ0) is 10.3. The van der Waals surface area contributed by atoms with E-state index in [-0.39, 0.29) is 18.8 Å². The molecular formula is C10H23NO2. The molecule has 0 saturated heterocycles. The molecule has 0 heterocycles. The number of rotatable bonds is 7.